The molecule has 0 saturated heterocycles. The highest BCUT2D eigenvalue weighted by molar-refractivity contribution is 6.29. The fourth-order valence-electron chi connectivity index (χ4n) is 1.89. The number of cyclic esters (lactones) is 1. The van der Waals surface area contributed by atoms with Crippen molar-refractivity contribution in [3.05, 3.63) is 28.5 Å². The molecule has 1 aromatic heterocycles. The molecule has 0 amide bonds. The molecule has 2 atom stereocenters. The molecule has 0 unspecified atom stereocenters. The van der Waals surface area contributed by atoms with Crippen molar-refractivity contribution >= 4 is 17.6 Å². The minimum absolute atomic E-state index is 0.0871. The Morgan fingerprint density at radius 1 is 1.53 bits per heavy atom. The minimum atomic E-state index is -0.292. The molecule has 0 bridgehead atoms. The highest BCUT2D eigenvalue weighted by atomic mass is 35.5. The Labute approximate surface area is 93.4 Å². The van der Waals surface area contributed by atoms with Crippen LogP contribution in [0.3, 0.4) is 0 Å². The van der Waals surface area contributed by atoms with Crippen molar-refractivity contribution in [1.82, 2.24) is 4.98 Å². The van der Waals surface area contributed by atoms with Crippen LogP contribution in [0.4, 0.5) is 0 Å². The van der Waals surface area contributed by atoms with Crippen molar-refractivity contribution in [2.45, 2.75) is 32.3 Å². The van der Waals surface area contributed by atoms with Gasteiger partial charge in [0.05, 0.1) is 11.3 Å². The smallest absolute Gasteiger partial charge is 0.340 e. The van der Waals surface area contributed by atoms with Crippen LogP contribution in [-0.4, -0.2) is 17.1 Å². The van der Waals surface area contributed by atoms with E-state index < -0.39 is 0 Å². The van der Waals surface area contributed by atoms with Crippen molar-refractivity contribution in [1.29, 1.82) is 0 Å². The quantitative estimate of drug-likeness (QED) is 0.545. The maximum absolute atomic E-state index is 11.6. The summed E-state index contributed by atoms with van der Waals surface area (Å²) in [5.41, 5.74) is 1.29. The van der Waals surface area contributed by atoms with Gasteiger partial charge in [-0.15, -0.1) is 0 Å². The number of fused-ring (bicyclic) bond motifs is 1. The number of carbonyl (C=O) groups is 1. The third kappa shape index (κ3) is 1.72. The molecular weight excluding hydrogens is 214 g/mol. The van der Waals surface area contributed by atoms with Crippen molar-refractivity contribution < 1.29 is 9.53 Å². The third-order valence-electron chi connectivity index (χ3n) is 2.76. The van der Waals surface area contributed by atoms with Gasteiger partial charge in [0.2, 0.25) is 0 Å². The van der Waals surface area contributed by atoms with Crippen molar-refractivity contribution in [2.75, 3.05) is 0 Å². The Morgan fingerprint density at radius 2 is 2.27 bits per heavy atom. The summed E-state index contributed by atoms with van der Waals surface area (Å²) in [6.45, 7) is 3.99. The van der Waals surface area contributed by atoms with Gasteiger partial charge in [0.1, 0.15) is 11.3 Å². The van der Waals surface area contributed by atoms with Crippen LogP contribution < -0.4 is 0 Å². The summed E-state index contributed by atoms with van der Waals surface area (Å²) in [6, 6.07) is 3.29. The molecule has 0 spiro atoms. The highest BCUT2D eigenvalue weighted by Crippen LogP contribution is 2.31. The van der Waals surface area contributed by atoms with E-state index in [0.717, 1.165) is 12.1 Å². The van der Waals surface area contributed by atoms with Crippen molar-refractivity contribution in [3.63, 3.8) is 0 Å². The van der Waals surface area contributed by atoms with Crippen LogP contribution in [0.2, 0.25) is 5.15 Å². The van der Waals surface area contributed by atoms with Crippen LogP contribution in [0.15, 0.2) is 12.1 Å². The van der Waals surface area contributed by atoms with Gasteiger partial charge >= 0.3 is 5.97 Å². The molecule has 0 fully saturated rings. The molecule has 0 aliphatic carbocycles. The SMILES string of the molecule is CC[C@@H]1OC(=O)c2ccc(Cl)nc2[C@H]1C. The molecule has 1 aliphatic heterocycles. The minimum Gasteiger partial charge on any atom is -0.458 e. The summed E-state index contributed by atoms with van der Waals surface area (Å²) in [5, 5.41) is 0.421. The van der Waals surface area contributed by atoms with Crippen LogP contribution >= 0.6 is 11.6 Å². The van der Waals surface area contributed by atoms with Crippen molar-refractivity contribution in [3.8, 4) is 0 Å². The number of nitrogens with zero attached hydrogens (tertiary/aromatic N) is 1. The van der Waals surface area contributed by atoms with E-state index in [-0.39, 0.29) is 18.0 Å². The van der Waals surface area contributed by atoms with Gasteiger partial charge in [-0.2, -0.15) is 0 Å². The Morgan fingerprint density at radius 3 is 2.93 bits per heavy atom. The number of hydrogen-bond acceptors (Lipinski definition) is 3. The van der Waals surface area contributed by atoms with Gasteiger partial charge in [-0.05, 0) is 18.6 Å². The molecule has 1 aliphatic rings. The van der Waals surface area contributed by atoms with E-state index in [0.29, 0.717) is 10.7 Å². The zero-order chi connectivity index (χ0) is 11.0. The fourth-order valence-corrected chi connectivity index (χ4v) is 2.04. The van der Waals surface area contributed by atoms with E-state index in [1.807, 2.05) is 13.8 Å². The van der Waals surface area contributed by atoms with Crippen LogP contribution in [0.1, 0.15) is 42.2 Å². The number of halogens is 1. The number of ether oxygens (including phenoxy) is 1. The van der Waals surface area contributed by atoms with Gasteiger partial charge in [0.15, 0.2) is 0 Å². The summed E-state index contributed by atoms with van der Waals surface area (Å²) in [6.07, 6.45) is 0.705. The molecule has 4 heteroatoms. The Balaban J connectivity index is 2.50. The number of pyridine rings is 1. The molecule has 1 aromatic rings. The molecule has 15 heavy (non-hydrogen) atoms. The number of hydrogen-bond donors (Lipinski definition) is 0. The topological polar surface area (TPSA) is 39.2 Å². The van der Waals surface area contributed by atoms with Crippen LogP contribution in [-0.2, 0) is 4.74 Å². The largest absolute Gasteiger partial charge is 0.458 e. The van der Waals surface area contributed by atoms with Gasteiger partial charge in [-0.3, -0.25) is 0 Å². The molecule has 0 aromatic carbocycles. The fraction of sp³-hybridized carbons (Fsp3) is 0.455. The molecule has 2 rings (SSSR count). The summed E-state index contributed by atoms with van der Waals surface area (Å²) >= 11 is 5.82. The summed E-state index contributed by atoms with van der Waals surface area (Å²) in [7, 11) is 0. The lowest BCUT2D eigenvalue weighted by atomic mass is 9.92. The number of aromatic nitrogens is 1. The van der Waals surface area contributed by atoms with Crippen LogP contribution in [0, 0.1) is 0 Å². The van der Waals surface area contributed by atoms with Gasteiger partial charge < -0.3 is 4.74 Å². The second-order valence-electron chi connectivity index (χ2n) is 3.71. The monoisotopic (exact) mass is 225 g/mol. The van der Waals surface area contributed by atoms with Gasteiger partial charge in [0.25, 0.3) is 0 Å². The van der Waals surface area contributed by atoms with E-state index in [2.05, 4.69) is 4.98 Å². The molecular formula is C11H12ClNO2. The molecule has 0 saturated carbocycles. The van der Waals surface area contributed by atoms with Gasteiger partial charge in [-0.1, -0.05) is 25.4 Å². The van der Waals surface area contributed by atoms with E-state index in [1.54, 1.807) is 12.1 Å². The predicted molar refractivity (Wildman–Crippen MR) is 57.2 cm³/mol. The molecule has 0 radical (unpaired) electrons. The van der Waals surface area contributed by atoms with E-state index in [9.17, 15) is 4.79 Å². The first-order chi connectivity index (χ1) is 7.13. The van der Waals surface area contributed by atoms with Gasteiger partial charge in [-0.25, -0.2) is 9.78 Å². The molecule has 2 heterocycles. The zero-order valence-electron chi connectivity index (χ0n) is 8.66. The molecule has 3 nitrogen and oxygen atoms in total. The molecule has 80 valence electrons. The summed E-state index contributed by atoms with van der Waals surface area (Å²) in [4.78, 5) is 15.8. The molecule has 0 N–H and O–H groups in total. The zero-order valence-corrected chi connectivity index (χ0v) is 9.41. The lowest BCUT2D eigenvalue weighted by Gasteiger charge is -2.28. The first-order valence-electron chi connectivity index (χ1n) is 5.01. The number of esters is 1. The summed E-state index contributed by atoms with van der Waals surface area (Å²) < 4.78 is 5.29. The average Bonchev–Trinajstić information content (AvgIpc) is 2.23. The highest BCUT2D eigenvalue weighted by Gasteiger charge is 2.32. The second kappa shape index (κ2) is 3.81. The Kier molecular flexibility index (Phi) is 2.65. The van der Waals surface area contributed by atoms with Gasteiger partial charge in [0, 0.05) is 5.92 Å². The average molecular weight is 226 g/mol. The van der Waals surface area contributed by atoms with E-state index in [1.165, 1.54) is 0 Å². The standard InChI is InChI=1S/C11H12ClNO2/c1-3-8-6(2)10-7(11(14)15-8)4-5-9(12)13-10/h4-6,8H,3H2,1-2H3/t6-,8-/m0/s1. The predicted octanol–water partition coefficient (Wildman–Crippen LogP) is 2.79. The number of rotatable bonds is 1. The first-order valence-corrected chi connectivity index (χ1v) is 5.38. The summed E-state index contributed by atoms with van der Waals surface area (Å²) in [5.74, 6) is -0.180. The van der Waals surface area contributed by atoms with Crippen LogP contribution in [0.5, 0.6) is 0 Å². The van der Waals surface area contributed by atoms with Crippen LogP contribution in [0.25, 0.3) is 0 Å². The maximum Gasteiger partial charge on any atom is 0.340 e. The number of carbonyl (C=O) groups excluding carboxylic acids is 1. The third-order valence-corrected chi connectivity index (χ3v) is 2.97. The maximum atomic E-state index is 11.6. The Hall–Kier alpha value is -1.09. The normalized spacial score (nSPS) is 24.6. The second-order valence-corrected chi connectivity index (χ2v) is 4.09. The van der Waals surface area contributed by atoms with E-state index >= 15 is 0 Å². The van der Waals surface area contributed by atoms with Crippen molar-refractivity contribution in [2.24, 2.45) is 0 Å². The first kappa shape index (κ1) is 10.4. The Bertz CT molecular complexity index is 406. The lowest BCUT2D eigenvalue weighted by molar-refractivity contribution is 0.0174. The van der Waals surface area contributed by atoms with E-state index in [4.69, 9.17) is 16.3 Å². The lowest BCUT2D eigenvalue weighted by Crippen LogP contribution is -2.31.